The highest BCUT2D eigenvalue weighted by Gasteiger charge is 2.33. The normalized spacial score (nSPS) is 12.2. The number of sulfonamides is 1. The molecule has 0 bridgehead atoms. The second-order valence-electron chi connectivity index (χ2n) is 9.29. The Morgan fingerprint density at radius 2 is 1.50 bits per heavy atom. The molecule has 3 rings (SSSR count). The number of rotatable bonds is 11. The molecule has 0 unspecified atom stereocenters. The summed E-state index contributed by atoms with van der Waals surface area (Å²) in [5.41, 5.74) is 1.98. The number of hydrogen-bond acceptors (Lipinski definition) is 4. The van der Waals surface area contributed by atoms with Gasteiger partial charge in [-0.1, -0.05) is 67.1 Å². The van der Waals surface area contributed by atoms with Crippen LogP contribution in [0.4, 0.5) is 5.69 Å². The Kier molecular flexibility index (Phi) is 9.94. The van der Waals surface area contributed by atoms with E-state index in [1.165, 1.54) is 17.0 Å². The van der Waals surface area contributed by atoms with Crippen LogP contribution in [-0.4, -0.2) is 43.8 Å². The number of carbonyl (C=O) groups is 2. The molecule has 0 aromatic heterocycles. The fraction of sp³-hybridized carbons (Fsp3) is 0.310. The van der Waals surface area contributed by atoms with Crippen molar-refractivity contribution >= 4 is 39.1 Å². The summed E-state index contributed by atoms with van der Waals surface area (Å²) in [6.45, 7) is 6.89. The lowest BCUT2D eigenvalue weighted by molar-refractivity contribution is -0.139. The molecule has 0 radical (unpaired) electrons. The van der Waals surface area contributed by atoms with Gasteiger partial charge in [-0.3, -0.25) is 13.9 Å². The Bertz CT molecular complexity index is 1350. The third kappa shape index (κ3) is 7.14. The molecule has 2 amide bonds. The van der Waals surface area contributed by atoms with Gasteiger partial charge in [-0.05, 0) is 68.7 Å². The number of halogens is 1. The van der Waals surface area contributed by atoms with E-state index < -0.39 is 28.5 Å². The minimum absolute atomic E-state index is 0.0774. The first-order chi connectivity index (χ1) is 18.0. The molecule has 0 fully saturated rings. The topological polar surface area (TPSA) is 86.8 Å². The number of benzene rings is 3. The van der Waals surface area contributed by atoms with Crippen molar-refractivity contribution in [2.45, 2.75) is 57.6 Å². The number of nitrogens with one attached hydrogen (secondary N) is 1. The molecular formula is C29H34ClN3O4S. The maximum absolute atomic E-state index is 13.9. The van der Waals surface area contributed by atoms with E-state index in [0.29, 0.717) is 17.1 Å². The Balaban J connectivity index is 2.05. The predicted molar refractivity (Wildman–Crippen MR) is 152 cm³/mol. The molecule has 0 saturated heterocycles. The van der Waals surface area contributed by atoms with Gasteiger partial charge >= 0.3 is 0 Å². The van der Waals surface area contributed by atoms with E-state index in [4.69, 9.17) is 11.6 Å². The minimum atomic E-state index is -4.09. The Morgan fingerprint density at radius 3 is 2.11 bits per heavy atom. The van der Waals surface area contributed by atoms with Crippen LogP contribution in [0.5, 0.6) is 0 Å². The smallest absolute Gasteiger partial charge is 0.264 e. The third-order valence-corrected chi connectivity index (χ3v) is 8.14. The molecule has 1 atom stereocenters. The number of para-hydroxylation sites is 1. The van der Waals surface area contributed by atoms with Crippen LogP contribution >= 0.6 is 11.6 Å². The molecule has 0 saturated carbocycles. The molecule has 3 aromatic rings. The highest BCUT2D eigenvalue weighted by molar-refractivity contribution is 7.92. The molecule has 0 spiro atoms. The van der Waals surface area contributed by atoms with E-state index in [2.05, 4.69) is 5.32 Å². The summed E-state index contributed by atoms with van der Waals surface area (Å²) in [6, 6.07) is 21.2. The summed E-state index contributed by atoms with van der Waals surface area (Å²) in [4.78, 5) is 28.4. The fourth-order valence-electron chi connectivity index (χ4n) is 4.06. The van der Waals surface area contributed by atoms with Crippen LogP contribution in [0.2, 0.25) is 5.02 Å². The SMILES string of the molecule is CCc1ccccc1N(CC(=O)N(Cc1ccc(Cl)cc1)[C@@H](C)C(=O)NC(C)C)S(=O)(=O)c1ccccc1. The van der Waals surface area contributed by atoms with Gasteiger partial charge < -0.3 is 10.2 Å². The summed E-state index contributed by atoms with van der Waals surface area (Å²) in [6.07, 6.45) is 0.576. The van der Waals surface area contributed by atoms with Crippen molar-refractivity contribution in [3.8, 4) is 0 Å². The number of aryl methyl sites for hydroxylation is 1. The van der Waals surface area contributed by atoms with Crippen LogP contribution < -0.4 is 9.62 Å². The molecule has 3 aromatic carbocycles. The van der Waals surface area contributed by atoms with Gasteiger partial charge in [0.05, 0.1) is 10.6 Å². The average Bonchev–Trinajstić information content (AvgIpc) is 2.90. The molecule has 1 N–H and O–H groups in total. The van der Waals surface area contributed by atoms with Gasteiger partial charge in [0.1, 0.15) is 12.6 Å². The standard InChI is InChI=1S/C29H34ClN3O4S/c1-5-24-11-9-10-14-27(24)33(38(36,37)26-12-7-6-8-13-26)20-28(34)32(22(4)29(35)31-21(2)3)19-23-15-17-25(30)18-16-23/h6-18,21-22H,5,19-20H2,1-4H3,(H,31,35)/t22-/m0/s1. The van der Waals surface area contributed by atoms with E-state index in [0.717, 1.165) is 15.4 Å². The Morgan fingerprint density at radius 1 is 0.895 bits per heavy atom. The van der Waals surface area contributed by atoms with Crippen LogP contribution in [-0.2, 0) is 32.6 Å². The summed E-state index contributed by atoms with van der Waals surface area (Å²) in [5.74, 6) is -0.828. The molecule has 0 heterocycles. The molecule has 0 aliphatic rings. The third-order valence-electron chi connectivity index (χ3n) is 6.12. The number of carbonyl (C=O) groups excluding carboxylic acids is 2. The highest BCUT2D eigenvalue weighted by atomic mass is 35.5. The zero-order chi connectivity index (χ0) is 27.9. The van der Waals surface area contributed by atoms with Crippen molar-refractivity contribution in [2.24, 2.45) is 0 Å². The molecular weight excluding hydrogens is 522 g/mol. The first kappa shape index (κ1) is 29.2. The maximum atomic E-state index is 13.9. The van der Waals surface area contributed by atoms with Crippen LogP contribution in [0.25, 0.3) is 0 Å². The van der Waals surface area contributed by atoms with Crippen LogP contribution in [0, 0.1) is 0 Å². The lowest BCUT2D eigenvalue weighted by Crippen LogP contribution is -2.52. The van der Waals surface area contributed by atoms with Gasteiger partial charge in [0, 0.05) is 17.6 Å². The second-order valence-corrected chi connectivity index (χ2v) is 11.6. The Hall–Kier alpha value is -3.36. The van der Waals surface area contributed by atoms with Crippen LogP contribution in [0.15, 0.2) is 83.8 Å². The van der Waals surface area contributed by atoms with Gasteiger partial charge in [0.2, 0.25) is 11.8 Å². The van der Waals surface area contributed by atoms with Gasteiger partial charge in [0.25, 0.3) is 10.0 Å². The van der Waals surface area contributed by atoms with Crippen LogP contribution in [0.1, 0.15) is 38.8 Å². The van der Waals surface area contributed by atoms with E-state index in [-0.39, 0.29) is 23.4 Å². The summed E-state index contributed by atoms with van der Waals surface area (Å²) < 4.78 is 28.9. The van der Waals surface area contributed by atoms with E-state index in [1.54, 1.807) is 61.5 Å². The fourth-order valence-corrected chi connectivity index (χ4v) is 5.66. The highest BCUT2D eigenvalue weighted by Crippen LogP contribution is 2.28. The number of amides is 2. The monoisotopic (exact) mass is 555 g/mol. The van der Waals surface area contributed by atoms with E-state index in [9.17, 15) is 18.0 Å². The van der Waals surface area contributed by atoms with Gasteiger partial charge in [-0.15, -0.1) is 0 Å². The minimum Gasteiger partial charge on any atom is -0.352 e. The number of nitrogens with zero attached hydrogens (tertiary/aromatic N) is 2. The predicted octanol–water partition coefficient (Wildman–Crippen LogP) is 5.04. The summed E-state index contributed by atoms with van der Waals surface area (Å²) in [7, 11) is -4.09. The van der Waals surface area contributed by atoms with Gasteiger partial charge in [-0.2, -0.15) is 0 Å². The quantitative estimate of drug-likeness (QED) is 0.359. The van der Waals surface area contributed by atoms with Crippen LogP contribution in [0.3, 0.4) is 0 Å². The van der Waals surface area contributed by atoms with Crippen molar-refractivity contribution in [3.63, 3.8) is 0 Å². The van der Waals surface area contributed by atoms with Crippen molar-refractivity contribution in [1.82, 2.24) is 10.2 Å². The maximum Gasteiger partial charge on any atom is 0.264 e. The van der Waals surface area contributed by atoms with Crippen molar-refractivity contribution in [3.05, 3.63) is 95.0 Å². The second kappa shape index (κ2) is 12.9. The van der Waals surface area contributed by atoms with Crippen molar-refractivity contribution in [1.29, 1.82) is 0 Å². The Labute approximate surface area is 230 Å². The van der Waals surface area contributed by atoms with E-state index in [1.807, 2.05) is 32.9 Å². The number of anilines is 1. The molecule has 9 heteroatoms. The summed E-state index contributed by atoms with van der Waals surface area (Å²) in [5, 5.41) is 3.40. The lowest BCUT2D eigenvalue weighted by Gasteiger charge is -2.33. The first-order valence-electron chi connectivity index (χ1n) is 12.5. The molecule has 7 nitrogen and oxygen atoms in total. The van der Waals surface area contributed by atoms with Gasteiger partial charge in [-0.25, -0.2) is 8.42 Å². The number of hydrogen-bond donors (Lipinski definition) is 1. The molecule has 202 valence electrons. The molecule has 38 heavy (non-hydrogen) atoms. The average molecular weight is 556 g/mol. The zero-order valence-electron chi connectivity index (χ0n) is 22.1. The molecule has 0 aliphatic carbocycles. The lowest BCUT2D eigenvalue weighted by atomic mass is 10.1. The largest absolute Gasteiger partial charge is 0.352 e. The first-order valence-corrected chi connectivity index (χ1v) is 14.4. The summed E-state index contributed by atoms with van der Waals surface area (Å²) >= 11 is 6.04. The van der Waals surface area contributed by atoms with Crippen molar-refractivity contribution in [2.75, 3.05) is 10.8 Å². The van der Waals surface area contributed by atoms with Gasteiger partial charge in [0.15, 0.2) is 0 Å². The van der Waals surface area contributed by atoms with Crippen molar-refractivity contribution < 1.29 is 18.0 Å². The molecule has 0 aliphatic heterocycles. The zero-order valence-corrected chi connectivity index (χ0v) is 23.7. The van der Waals surface area contributed by atoms with E-state index >= 15 is 0 Å².